The highest BCUT2D eigenvalue weighted by molar-refractivity contribution is 9.10. The van der Waals surface area contributed by atoms with E-state index in [9.17, 15) is 4.79 Å². The van der Waals surface area contributed by atoms with E-state index < -0.39 is 0 Å². The molecule has 1 unspecified atom stereocenters. The molecule has 4 nitrogen and oxygen atoms in total. The van der Waals surface area contributed by atoms with Crippen LogP contribution in [0, 0.1) is 5.92 Å². The number of hydrogen-bond donors (Lipinski definition) is 1. The van der Waals surface area contributed by atoms with Crippen LogP contribution in [-0.2, 0) is 6.54 Å². The summed E-state index contributed by atoms with van der Waals surface area (Å²) in [5.41, 5.74) is 0.613. The van der Waals surface area contributed by atoms with Gasteiger partial charge >= 0.3 is 0 Å². The van der Waals surface area contributed by atoms with Crippen molar-refractivity contribution >= 4 is 21.6 Å². The summed E-state index contributed by atoms with van der Waals surface area (Å²) in [4.78, 5) is 12.0. The standard InChI is InChI=1S/C14H22BrN3O/c1-5-8-18-14(19)13(15)12(9-16-18)17-11(4)7-6-10(2)3/h5,9-11,17H,1,6-8H2,2-4H3. The molecule has 0 aliphatic carbocycles. The van der Waals surface area contributed by atoms with Gasteiger partial charge in [-0.3, -0.25) is 4.79 Å². The molecule has 0 fully saturated rings. The maximum Gasteiger partial charge on any atom is 0.283 e. The van der Waals surface area contributed by atoms with Crippen LogP contribution in [0.3, 0.4) is 0 Å². The molecule has 0 aliphatic heterocycles. The summed E-state index contributed by atoms with van der Waals surface area (Å²) >= 11 is 3.34. The molecule has 1 atom stereocenters. The SMILES string of the molecule is C=CCn1ncc(NC(C)CCC(C)C)c(Br)c1=O. The number of aromatic nitrogens is 2. The maximum absolute atomic E-state index is 12.0. The van der Waals surface area contributed by atoms with Gasteiger partial charge < -0.3 is 5.32 Å². The van der Waals surface area contributed by atoms with Crippen molar-refractivity contribution in [3.63, 3.8) is 0 Å². The lowest BCUT2D eigenvalue weighted by Crippen LogP contribution is -2.25. The van der Waals surface area contributed by atoms with E-state index in [1.165, 1.54) is 4.68 Å². The van der Waals surface area contributed by atoms with Crippen LogP contribution in [0.15, 0.2) is 28.1 Å². The summed E-state index contributed by atoms with van der Waals surface area (Å²) < 4.78 is 1.90. The molecule has 1 rings (SSSR count). The van der Waals surface area contributed by atoms with Gasteiger partial charge in [-0.2, -0.15) is 5.10 Å². The smallest absolute Gasteiger partial charge is 0.283 e. The second kappa shape index (κ2) is 7.48. The molecule has 1 aromatic rings. The van der Waals surface area contributed by atoms with Gasteiger partial charge in [-0.25, -0.2) is 4.68 Å². The average Bonchev–Trinajstić information content (AvgIpc) is 2.36. The highest BCUT2D eigenvalue weighted by Crippen LogP contribution is 2.19. The molecule has 0 aliphatic rings. The van der Waals surface area contributed by atoms with Crippen molar-refractivity contribution in [3.05, 3.63) is 33.7 Å². The van der Waals surface area contributed by atoms with Crippen molar-refractivity contribution in [2.45, 2.75) is 46.2 Å². The quantitative estimate of drug-likeness (QED) is 0.780. The Kier molecular flexibility index (Phi) is 6.28. The topological polar surface area (TPSA) is 46.9 Å². The Bertz CT molecular complexity index is 482. The van der Waals surface area contributed by atoms with Gasteiger partial charge in [0, 0.05) is 6.04 Å². The first-order chi connectivity index (χ1) is 8.95. The van der Waals surface area contributed by atoms with Crippen LogP contribution in [0.1, 0.15) is 33.6 Å². The number of halogens is 1. The van der Waals surface area contributed by atoms with E-state index in [4.69, 9.17) is 0 Å². The van der Waals surface area contributed by atoms with E-state index in [2.05, 4.69) is 53.7 Å². The van der Waals surface area contributed by atoms with Gasteiger partial charge in [0.15, 0.2) is 0 Å². The molecule has 0 radical (unpaired) electrons. The van der Waals surface area contributed by atoms with Crippen LogP contribution in [0.5, 0.6) is 0 Å². The number of nitrogens with zero attached hydrogens (tertiary/aromatic N) is 2. The van der Waals surface area contributed by atoms with E-state index in [1.807, 2.05) is 0 Å². The zero-order valence-corrected chi connectivity index (χ0v) is 13.4. The highest BCUT2D eigenvalue weighted by Gasteiger charge is 2.11. The Balaban J connectivity index is 2.77. The molecule has 106 valence electrons. The molecule has 0 aromatic carbocycles. The number of allylic oxidation sites excluding steroid dienone is 1. The molecular weight excluding hydrogens is 306 g/mol. The number of hydrogen-bond acceptors (Lipinski definition) is 3. The average molecular weight is 328 g/mol. The Labute approximate surface area is 123 Å². The monoisotopic (exact) mass is 327 g/mol. The molecule has 0 spiro atoms. The molecular formula is C14H22BrN3O. The summed E-state index contributed by atoms with van der Waals surface area (Å²) in [6.07, 6.45) is 5.56. The van der Waals surface area contributed by atoms with E-state index in [0.717, 1.165) is 18.5 Å². The minimum Gasteiger partial charge on any atom is -0.380 e. The van der Waals surface area contributed by atoms with Gasteiger partial charge in [0.1, 0.15) is 4.47 Å². The molecule has 0 saturated carbocycles. The fraction of sp³-hybridized carbons (Fsp3) is 0.571. The number of rotatable bonds is 7. The molecule has 1 N–H and O–H groups in total. The first-order valence-electron chi connectivity index (χ1n) is 6.58. The van der Waals surface area contributed by atoms with E-state index >= 15 is 0 Å². The Morgan fingerprint density at radius 1 is 1.47 bits per heavy atom. The zero-order valence-electron chi connectivity index (χ0n) is 11.8. The van der Waals surface area contributed by atoms with Crippen LogP contribution >= 0.6 is 15.9 Å². The van der Waals surface area contributed by atoms with Crippen LogP contribution in [0.4, 0.5) is 5.69 Å². The normalized spacial score (nSPS) is 12.5. The lowest BCUT2D eigenvalue weighted by Gasteiger charge is -2.17. The summed E-state index contributed by atoms with van der Waals surface area (Å²) in [6.45, 7) is 10.6. The van der Waals surface area contributed by atoms with Crippen molar-refractivity contribution in [2.75, 3.05) is 5.32 Å². The lowest BCUT2D eigenvalue weighted by atomic mass is 10.0. The molecule has 0 amide bonds. The van der Waals surface area contributed by atoms with Gasteiger partial charge in [0.2, 0.25) is 0 Å². The predicted octanol–water partition coefficient (Wildman–Crippen LogP) is 3.43. The molecule has 5 heteroatoms. The van der Waals surface area contributed by atoms with Crippen molar-refractivity contribution in [1.82, 2.24) is 9.78 Å². The molecule has 1 heterocycles. The molecule has 1 aromatic heterocycles. The van der Waals surface area contributed by atoms with Crippen molar-refractivity contribution in [2.24, 2.45) is 5.92 Å². The minimum atomic E-state index is -0.138. The van der Waals surface area contributed by atoms with Gasteiger partial charge in [0.05, 0.1) is 18.4 Å². The van der Waals surface area contributed by atoms with Crippen molar-refractivity contribution in [3.8, 4) is 0 Å². The molecule has 19 heavy (non-hydrogen) atoms. The number of anilines is 1. The van der Waals surface area contributed by atoms with Gasteiger partial charge in [-0.05, 0) is 41.6 Å². The maximum atomic E-state index is 12.0. The summed E-state index contributed by atoms with van der Waals surface area (Å²) in [5.74, 6) is 0.686. The molecule has 0 bridgehead atoms. The third-order valence-electron chi connectivity index (χ3n) is 2.87. The van der Waals surface area contributed by atoms with E-state index in [-0.39, 0.29) is 5.56 Å². The van der Waals surface area contributed by atoms with Crippen LogP contribution in [0.2, 0.25) is 0 Å². The predicted molar refractivity (Wildman–Crippen MR) is 83.6 cm³/mol. The van der Waals surface area contributed by atoms with Gasteiger partial charge in [-0.1, -0.05) is 19.9 Å². The Morgan fingerprint density at radius 2 is 2.16 bits per heavy atom. The molecule has 0 saturated heterocycles. The third kappa shape index (κ3) is 4.82. The largest absolute Gasteiger partial charge is 0.380 e. The first kappa shape index (κ1) is 16.0. The second-order valence-electron chi connectivity index (χ2n) is 5.16. The lowest BCUT2D eigenvalue weighted by molar-refractivity contribution is 0.527. The number of nitrogens with one attached hydrogen (secondary N) is 1. The third-order valence-corrected chi connectivity index (χ3v) is 3.63. The summed E-state index contributed by atoms with van der Waals surface area (Å²) in [6, 6.07) is 0.315. The van der Waals surface area contributed by atoms with Crippen molar-refractivity contribution < 1.29 is 0 Å². The van der Waals surface area contributed by atoms with Crippen LogP contribution in [0.25, 0.3) is 0 Å². The van der Waals surface area contributed by atoms with Crippen molar-refractivity contribution in [1.29, 1.82) is 0 Å². The fourth-order valence-electron chi connectivity index (χ4n) is 1.74. The van der Waals surface area contributed by atoms with E-state index in [1.54, 1.807) is 12.3 Å². The Morgan fingerprint density at radius 3 is 2.74 bits per heavy atom. The van der Waals surface area contributed by atoms with Crippen LogP contribution in [-0.4, -0.2) is 15.8 Å². The first-order valence-corrected chi connectivity index (χ1v) is 7.38. The van der Waals surface area contributed by atoms with Gasteiger partial charge in [-0.15, -0.1) is 6.58 Å². The zero-order chi connectivity index (χ0) is 14.4. The highest BCUT2D eigenvalue weighted by atomic mass is 79.9. The van der Waals surface area contributed by atoms with E-state index in [0.29, 0.717) is 23.0 Å². The fourth-order valence-corrected chi connectivity index (χ4v) is 2.16. The van der Waals surface area contributed by atoms with Gasteiger partial charge in [0.25, 0.3) is 5.56 Å². The summed E-state index contributed by atoms with van der Waals surface area (Å²) in [5, 5.41) is 7.44. The Hall–Kier alpha value is -1.10. The minimum absolute atomic E-state index is 0.138. The van der Waals surface area contributed by atoms with Crippen LogP contribution < -0.4 is 10.9 Å². The second-order valence-corrected chi connectivity index (χ2v) is 5.96. The summed E-state index contributed by atoms with van der Waals surface area (Å²) in [7, 11) is 0.